The highest BCUT2D eigenvalue weighted by Crippen LogP contribution is 2.18. The topological polar surface area (TPSA) is 32.3 Å². The van der Waals surface area contributed by atoms with Crippen LogP contribution in [0.25, 0.3) is 0 Å². The predicted octanol–water partition coefficient (Wildman–Crippen LogP) is 2.36. The van der Waals surface area contributed by atoms with E-state index >= 15 is 0 Å². The van der Waals surface area contributed by atoms with Gasteiger partial charge in [0, 0.05) is 19.5 Å². The van der Waals surface area contributed by atoms with Gasteiger partial charge >= 0.3 is 0 Å². The number of piperidine rings is 1. The van der Waals surface area contributed by atoms with E-state index in [4.69, 9.17) is 0 Å². The van der Waals surface area contributed by atoms with Crippen LogP contribution in [0.5, 0.6) is 0 Å². The van der Waals surface area contributed by atoms with Gasteiger partial charge in [0.15, 0.2) is 11.6 Å². The number of halogens is 2. The molecule has 1 N–H and O–H groups in total. The molecule has 1 saturated heterocycles. The van der Waals surface area contributed by atoms with E-state index in [1.54, 1.807) is 0 Å². The van der Waals surface area contributed by atoms with Gasteiger partial charge in [0.2, 0.25) is 5.91 Å². The SMILES string of the molecule is CNC[C@H]1CCCN(C(=O)CCc2cccc(F)c2F)C1. The van der Waals surface area contributed by atoms with Crippen LogP contribution >= 0.6 is 0 Å². The zero-order chi connectivity index (χ0) is 15.2. The molecule has 3 nitrogen and oxygen atoms in total. The maximum Gasteiger partial charge on any atom is 0.222 e. The molecule has 1 atom stereocenters. The molecular weight excluding hydrogens is 274 g/mol. The molecule has 1 fully saturated rings. The summed E-state index contributed by atoms with van der Waals surface area (Å²) in [6.45, 7) is 2.43. The first kappa shape index (κ1) is 15.9. The number of nitrogens with one attached hydrogen (secondary N) is 1. The number of carbonyl (C=O) groups is 1. The second-order valence-corrected chi connectivity index (χ2v) is 5.62. The Morgan fingerprint density at radius 3 is 3.00 bits per heavy atom. The van der Waals surface area contributed by atoms with E-state index in [-0.39, 0.29) is 24.3 Å². The van der Waals surface area contributed by atoms with Gasteiger partial charge < -0.3 is 10.2 Å². The molecule has 1 aromatic rings. The molecular formula is C16H22F2N2O. The van der Waals surface area contributed by atoms with Crippen LogP contribution in [0, 0.1) is 17.6 Å². The highest BCUT2D eigenvalue weighted by molar-refractivity contribution is 5.76. The number of carbonyl (C=O) groups excluding carboxylic acids is 1. The Kier molecular flexibility index (Phi) is 5.67. The summed E-state index contributed by atoms with van der Waals surface area (Å²) in [4.78, 5) is 14.1. The van der Waals surface area contributed by atoms with Crippen molar-refractivity contribution in [2.45, 2.75) is 25.7 Å². The van der Waals surface area contributed by atoms with Crippen molar-refractivity contribution in [3.8, 4) is 0 Å². The molecule has 0 saturated carbocycles. The Bertz CT molecular complexity index is 491. The lowest BCUT2D eigenvalue weighted by molar-refractivity contribution is -0.132. The minimum absolute atomic E-state index is 0.0273. The maximum absolute atomic E-state index is 13.5. The second-order valence-electron chi connectivity index (χ2n) is 5.62. The zero-order valence-corrected chi connectivity index (χ0v) is 12.4. The fourth-order valence-corrected chi connectivity index (χ4v) is 2.89. The summed E-state index contributed by atoms with van der Waals surface area (Å²) in [5, 5.41) is 3.14. The van der Waals surface area contributed by atoms with Crippen LogP contribution in [-0.4, -0.2) is 37.5 Å². The Balaban J connectivity index is 1.88. The van der Waals surface area contributed by atoms with E-state index in [9.17, 15) is 13.6 Å². The van der Waals surface area contributed by atoms with Crippen molar-refractivity contribution in [2.75, 3.05) is 26.7 Å². The minimum atomic E-state index is -0.855. The maximum atomic E-state index is 13.5. The van der Waals surface area contributed by atoms with Crippen LogP contribution in [0.1, 0.15) is 24.8 Å². The number of benzene rings is 1. The van der Waals surface area contributed by atoms with Crippen molar-refractivity contribution in [1.82, 2.24) is 10.2 Å². The van der Waals surface area contributed by atoms with E-state index in [0.717, 1.165) is 38.5 Å². The Labute approximate surface area is 124 Å². The summed E-state index contributed by atoms with van der Waals surface area (Å²) in [5.41, 5.74) is 0.270. The van der Waals surface area contributed by atoms with Gasteiger partial charge in [-0.3, -0.25) is 4.79 Å². The third kappa shape index (κ3) is 4.24. The van der Waals surface area contributed by atoms with Crippen molar-refractivity contribution < 1.29 is 13.6 Å². The summed E-state index contributed by atoms with van der Waals surface area (Å²) >= 11 is 0. The first-order chi connectivity index (χ1) is 10.1. The molecule has 1 heterocycles. The standard InChI is InChI=1S/C16H22F2N2O/c1-19-10-12-4-3-9-20(11-12)15(21)8-7-13-5-2-6-14(17)16(13)18/h2,5-6,12,19H,3-4,7-11H2,1H3/t12-/m1/s1. The summed E-state index contributed by atoms with van der Waals surface area (Å²) in [6, 6.07) is 4.10. The summed E-state index contributed by atoms with van der Waals surface area (Å²) < 4.78 is 26.7. The molecule has 116 valence electrons. The Morgan fingerprint density at radius 1 is 1.43 bits per heavy atom. The number of rotatable bonds is 5. The van der Waals surface area contributed by atoms with E-state index in [2.05, 4.69) is 5.32 Å². The molecule has 21 heavy (non-hydrogen) atoms. The smallest absolute Gasteiger partial charge is 0.222 e. The van der Waals surface area contributed by atoms with Gasteiger partial charge in [-0.05, 0) is 50.4 Å². The van der Waals surface area contributed by atoms with Crippen molar-refractivity contribution >= 4 is 5.91 Å². The quantitative estimate of drug-likeness (QED) is 0.904. The van der Waals surface area contributed by atoms with Gasteiger partial charge in [-0.25, -0.2) is 8.78 Å². The highest BCUT2D eigenvalue weighted by atomic mass is 19.2. The Morgan fingerprint density at radius 2 is 2.24 bits per heavy atom. The van der Waals surface area contributed by atoms with Gasteiger partial charge in [-0.15, -0.1) is 0 Å². The van der Waals surface area contributed by atoms with Crippen molar-refractivity contribution in [2.24, 2.45) is 5.92 Å². The molecule has 0 bridgehead atoms. The van der Waals surface area contributed by atoms with Crippen LogP contribution in [0.3, 0.4) is 0 Å². The lowest BCUT2D eigenvalue weighted by Crippen LogP contribution is -2.42. The minimum Gasteiger partial charge on any atom is -0.342 e. The average Bonchev–Trinajstić information content (AvgIpc) is 2.49. The lowest BCUT2D eigenvalue weighted by Gasteiger charge is -2.32. The third-order valence-corrected chi connectivity index (χ3v) is 4.00. The number of aryl methyl sites for hydroxylation is 1. The van der Waals surface area contributed by atoms with Gasteiger partial charge in [0.25, 0.3) is 0 Å². The molecule has 0 aromatic heterocycles. The van der Waals surface area contributed by atoms with Gasteiger partial charge in [-0.2, -0.15) is 0 Å². The molecule has 0 aliphatic carbocycles. The van der Waals surface area contributed by atoms with Crippen LogP contribution in [0.2, 0.25) is 0 Å². The van der Waals surface area contributed by atoms with Crippen LogP contribution in [-0.2, 0) is 11.2 Å². The number of hydrogen-bond donors (Lipinski definition) is 1. The van der Waals surface area contributed by atoms with Crippen molar-refractivity contribution in [1.29, 1.82) is 0 Å². The molecule has 2 rings (SSSR count). The summed E-state index contributed by atoms with van der Waals surface area (Å²) in [5.74, 6) is -1.18. The Hall–Kier alpha value is -1.49. The second kappa shape index (κ2) is 7.50. The first-order valence-electron chi connectivity index (χ1n) is 7.47. The zero-order valence-electron chi connectivity index (χ0n) is 12.4. The third-order valence-electron chi connectivity index (χ3n) is 4.00. The molecule has 0 spiro atoms. The molecule has 5 heteroatoms. The normalized spacial score (nSPS) is 18.8. The van der Waals surface area contributed by atoms with Crippen LogP contribution < -0.4 is 5.32 Å². The van der Waals surface area contributed by atoms with E-state index < -0.39 is 11.6 Å². The van der Waals surface area contributed by atoms with E-state index in [1.807, 2.05) is 11.9 Å². The lowest BCUT2D eigenvalue weighted by atomic mass is 9.97. The van der Waals surface area contributed by atoms with Crippen LogP contribution in [0.15, 0.2) is 18.2 Å². The fraction of sp³-hybridized carbons (Fsp3) is 0.562. The number of likely N-dealkylation sites (tertiary alicyclic amines) is 1. The first-order valence-corrected chi connectivity index (χ1v) is 7.47. The predicted molar refractivity (Wildman–Crippen MR) is 77.9 cm³/mol. The van der Waals surface area contributed by atoms with Crippen molar-refractivity contribution in [3.63, 3.8) is 0 Å². The molecule has 1 aliphatic heterocycles. The number of amides is 1. The fourth-order valence-electron chi connectivity index (χ4n) is 2.89. The van der Waals surface area contributed by atoms with Gasteiger partial charge in [0.1, 0.15) is 0 Å². The van der Waals surface area contributed by atoms with Gasteiger partial charge in [-0.1, -0.05) is 12.1 Å². The van der Waals surface area contributed by atoms with Crippen LogP contribution in [0.4, 0.5) is 8.78 Å². The monoisotopic (exact) mass is 296 g/mol. The molecule has 1 aromatic carbocycles. The number of nitrogens with zero attached hydrogens (tertiary/aromatic N) is 1. The largest absolute Gasteiger partial charge is 0.342 e. The molecule has 0 unspecified atom stereocenters. The highest BCUT2D eigenvalue weighted by Gasteiger charge is 2.23. The van der Waals surface area contributed by atoms with Gasteiger partial charge in [0.05, 0.1) is 0 Å². The van der Waals surface area contributed by atoms with E-state index in [1.165, 1.54) is 12.1 Å². The molecule has 1 aliphatic rings. The number of hydrogen-bond acceptors (Lipinski definition) is 2. The summed E-state index contributed by atoms with van der Waals surface area (Å²) in [6.07, 6.45) is 2.61. The van der Waals surface area contributed by atoms with Crippen molar-refractivity contribution in [3.05, 3.63) is 35.4 Å². The molecule has 1 amide bonds. The molecule has 0 radical (unpaired) electrons. The summed E-state index contributed by atoms with van der Waals surface area (Å²) in [7, 11) is 1.91. The van der Waals surface area contributed by atoms with E-state index in [0.29, 0.717) is 5.92 Å². The average molecular weight is 296 g/mol.